The fraction of sp³-hybridized carbons (Fsp3) is 0.435. The molecule has 166 valence electrons. The van der Waals surface area contributed by atoms with Crippen LogP contribution >= 0.6 is 0 Å². The van der Waals surface area contributed by atoms with Crippen LogP contribution in [-0.4, -0.2) is 65.2 Å². The molecule has 8 heteroatoms. The second-order valence-electron chi connectivity index (χ2n) is 8.07. The molecule has 0 bridgehead atoms. The van der Waals surface area contributed by atoms with Crippen LogP contribution in [0.3, 0.4) is 0 Å². The van der Waals surface area contributed by atoms with Crippen molar-refractivity contribution in [2.75, 3.05) is 50.8 Å². The first-order chi connectivity index (χ1) is 15.0. The molecule has 31 heavy (non-hydrogen) atoms. The van der Waals surface area contributed by atoms with E-state index in [0.29, 0.717) is 37.8 Å². The van der Waals surface area contributed by atoms with Crippen molar-refractivity contribution < 1.29 is 17.9 Å². The van der Waals surface area contributed by atoms with Crippen LogP contribution in [0.25, 0.3) is 0 Å². The Hall–Kier alpha value is -2.26. The van der Waals surface area contributed by atoms with E-state index < -0.39 is 10.0 Å². The second-order valence-corrected chi connectivity index (χ2v) is 9.84. The minimum atomic E-state index is -3.63. The van der Waals surface area contributed by atoms with Gasteiger partial charge < -0.3 is 9.64 Å². The van der Waals surface area contributed by atoms with E-state index in [9.17, 15) is 13.2 Å². The Kier molecular flexibility index (Phi) is 7.02. The van der Waals surface area contributed by atoms with Gasteiger partial charge in [-0.3, -0.25) is 9.69 Å². The molecule has 4 rings (SSSR count). The van der Waals surface area contributed by atoms with Gasteiger partial charge in [0.25, 0.3) is 5.91 Å². The number of para-hydroxylation sites is 1. The highest BCUT2D eigenvalue weighted by atomic mass is 32.2. The number of carbonyl (C=O) groups is 1. The summed E-state index contributed by atoms with van der Waals surface area (Å²) in [6.07, 6.45) is 2.13. The molecule has 2 aromatic carbocycles. The van der Waals surface area contributed by atoms with Crippen LogP contribution in [0.15, 0.2) is 59.5 Å². The maximum absolute atomic E-state index is 13.4. The largest absolute Gasteiger partial charge is 0.379 e. The smallest absolute Gasteiger partial charge is 0.258 e. The number of hydrogen-bond donors (Lipinski definition) is 1. The average molecular weight is 444 g/mol. The Balaban J connectivity index is 1.53. The maximum Gasteiger partial charge on any atom is 0.258 e. The Morgan fingerprint density at radius 3 is 2.52 bits per heavy atom. The third-order valence-corrected chi connectivity index (χ3v) is 7.13. The number of morpholine rings is 1. The predicted molar refractivity (Wildman–Crippen MR) is 120 cm³/mol. The van der Waals surface area contributed by atoms with E-state index in [4.69, 9.17) is 4.74 Å². The molecule has 1 amide bonds. The van der Waals surface area contributed by atoms with Gasteiger partial charge in [0.2, 0.25) is 10.0 Å². The highest BCUT2D eigenvalue weighted by molar-refractivity contribution is 7.89. The zero-order valence-electron chi connectivity index (χ0n) is 17.6. The molecule has 1 aliphatic heterocycles. The number of rotatable bonds is 9. The fourth-order valence-electron chi connectivity index (χ4n) is 3.61. The van der Waals surface area contributed by atoms with E-state index >= 15 is 0 Å². The molecule has 1 aliphatic carbocycles. The van der Waals surface area contributed by atoms with Gasteiger partial charge in [-0.25, -0.2) is 13.1 Å². The fourth-order valence-corrected chi connectivity index (χ4v) is 4.77. The lowest BCUT2D eigenvalue weighted by Gasteiger charge is -2.30. The molecule has 7 nitrogen and oxygen atoms in total. The lowest BCUT2D eigenvalue weighted by molar-refractivity contribution is 0.0391. The molecule has 0 spiro atoms. The first-order valence-corrected chi connectivity index (χ1v) is 12.3. The van der Waals surface area contributed by atoms with Gasteiger partial charge in [0, 0.05) is 44.0 Å². The first kappa shape index (κ1) is 22.0. The Bertz CT molecular complexity index is 987. The maximum atomic E-state index is 13.4. The number of amides is 1. The van der Waals surface area contributed by atoms with E-state index in [1.54, 1.807) is 17.0 Å². The SMILES string of the molecule is O=C(c1cccc(S(=O)(=O)NCC2CC2)c1)N(CCN1CCOCC1)c1ccccc1. The summed E-state index contributed by atoms with van der Waals surface area (Å²) in [7, 11) is -3.63. The van der Waals surface area contributed by atoms with Gasteiger partial charge in [-0.05, 0) is 49.1 Å². The minimum Gasteiger partial charge on any atom is -0.379 e. The molecule has 1 saturated heterocycles. The van der Waals surface area contributed by atoms with Crippen molar-refractivity contribution in [3.63, 3.8) is 0 Å². The van der Waals surface area contributed by atoms with Crippen LogP contribution in [0, 0.1) is 5.92 Å². The Morgan fingerprint density at radius 2 is 1.81 bits per heavy atom. The first-order valence-electron chi connectivity index (χ1n) is 10.8. The molecule has 1 heterocycles. The highest BCUT2D eigenvalue weighted by Crippen LogP contribution is 2.28. The van der Waals surface area contributed by atoms with Crippen molar-refractivity contribution >= 4 is 21.6 Å². The van der Waals surface area contributed by atoms with Crippen LogP contribution < -0.4 is 9.62 Å². The summed E-state index contributed by atoms with van der Waals surface area (Å²) in [6.45, 7) is 4.79. The van der Waals surface area contributed by atoms with Crippen LogP contribution in [0.1, 0.15) is 23.2 Å². The summed E-state index contributed by atoms with van der Waals surface area (Å²) >= 11 is 0. The van der Waals surface area contributed by atoms with Crippen molar-refractivity contribution in [3.8, 4) is 0 Å². The van der Waals surface area contributed by atoms with Crippen molar-refractivity contribution in [2.24, 2.45) is 5.92 Å². The molecule has 1 N–H and O–H groups in total. The van der Waals surface area contributed by atoms with Gasteiger partial charge in [-0.1, -0.05) is 24.3 Å². The number of anilines is 1. The summed E-state index contributed by atoms with van der Waals surface area (Å²) in [5, 5.41) is 0. The Labute approximate surface area is 184 Å². The lowest BCUT2D eigenvalue weighted by atomic mass is 10.1. The summed E-state index contributed by atoms with van der Waals surface area (Å²) in [5.74, 6) is 0.229. The van der Waals surface area contributed by atoms with E-state index in [-0.39, 0.29) is 10.8 Å². The van der Waals surface area contributed by atoms with Crippen LogP contribution in [0.5, 0.6) is 0 Å². The number of ether oxygens (including phenoxy) is 1. The van der Waals surface area contributed by atoms with Crippen molar-refractivity contribution in [2.45, 2.75) is 17.7 Å². The summed E-state index contributed by atoms with van der Waals surface area (Å²) in [5.41, 5.74) is 1.15. The number of nitrogens with zero attached hydrogens (tertiary/aromatic N) is 2. The summed E-state index contributed by atoms with van der Waals surface area (Å²) in [6, 6.07) is 15.8. The quantitative estimate of drug-likeness (QED) is 0.644. The monoisotopic (exact) mass is 443 g/mol. The molecule has 2 aliphatic rings. The number of benzene rings is 2. The van der Waals surface area contributed by atoms with Crippen molar-refractivity contribution in [1.82, 2.24) is 9.62 Å². The van der Waals surface area contributed by atoms with Crippen LogP contribution in [0.4, 0.5) is 5.69 Å². The molecule has 0 unspecified atom stereocenters. The van der Waals surface area contributed by atoms with Gasteiger partial charge in [-0.2, -0.15) is 0 Å². The molecule has 1 saturated carbocycles. The Morgan fingerprint density at radius 1 is 1.06 bits per heavy atom. The van der Waals surface area contributed by atoms with Gasteiger partial charge in [-0.15, -0.1) is 0 Å². The molecule has 2 aromatic rings. The van der Waals surface area contributed by atoms with Gasteiger partial charge in [0.1, 0.15) is 0 Å². The third kappa shape index (κ3) is 5.92. The van der Waals surface area contributed by atoms with Gasteiger partial charge in [0.05, 0.1) is 18.1 Å². The average Bonchev–Trinajstić information content (AvgIpc) is 3.64. The number of carbonyl (C=O) groups excluding carboxylic acids is 1. The van der Waals surface area contributed by atoms with Crippen LogP contribution in [-0.2, 0) is 14.8 Å². The molecule has 0 radical (unpaired) electrons. The van der Waals surface area contributed by atoms with E-state index in [2.05, 4.69) is 9.62 Å². The lowest BCUT2D eigenvalue weighted by Crippen LogP contribution is -2.43. The number of nitrogens with one attached hydrogen (secondary N) is 1. The summed E-state index contributed by atoms with van der Waals surface area (Å²) < 4.78 is 33.4. The molecule has 2 fully saturated rings. The molecular formula is C23H29N3O4S. The molecular weight excluding hydrogens is 414 g/mol. The van der Waals surface area contributed by atoms with Crippen LogP contribution in [0.2, 0.25) is 0 Å². The predicted octanol–water partition coefficient (Wildman–Crippen LogP) is 2.35. The van der Waals surface area contributed by atoms with Gasteiger partial charge in [0.15, 0.2) is 0 Å². The van der Waals surface area contributed by atoms with Crippen molar-refractivity contribution in [3.05, 3.63) is 60.2 Å². The standard InChI is InChI=1S/C23H29N3O4S/c27-23(20-5-4-8-22(17-20)31(28,29)24-18-19-9-10-19)26(21-6-2-1-3-7-21)12-11-25-13-15-30-16-14-25/h1-8,17,19,24H,9-16,18H2. The normalized spacial score (nSPS) is 17.4. The van der Waals surface area contributed by atoms with E-state index in [1.807, 2.05) is 30.3 Å². The zero-order chi connectivity index (χ0) is 21.7. The topological polar surface area (TPSA) is 79.0 Å². The second kappa shape index (κ2) is 9.91. The molecule has 0 atom stereocenters. The van der Waals surface area contributed by atoms with Crippen molar-refractivity contribution in [1.29, 1.82) is 0 Å². The molecule has 0 aromatic heterocycles. The van der Waals surface area contributed by atoms with E-state index in [1.165, 1.54) is 12.1 Å². The highest BCUT2D eigenvalue weighted by Gasteiger charge is 2.25. The number of hydrogen-bond acceptors (Lipinski definition) is 5. The summed E-state index contributed by atoms with van der Waals surface area (Å²) in [4.78, 5) is 17.6. The zero-order valence-corrected chi connectivity index (χ0v) is 18.4. The minimum absolute atomic E-state index is 0.125. The third-order valence-electron chi connectivity index (χ3n) is 5.71. The van der Waals surface area contributed by atoms with Gasteiger partial charge >= 0.3 is 0 Å². The van der Waals surface area contributed by atoms with E-state index in [0.717, 1.165) is 38.2 Å². The number of sulfonamides is 1.